The molecule has 0 unspecified atom stereocenters. The first-order valence-electron chi connectivity index (χ1n) is 5.74. The van der Waals surface area contributed by atoms with Crippen LogP contribution >= 0.6 is 46.2 Å². The van der Waals surface area contributed by atoms with Crippen molar-refractivity contribution in [1.29, 1.82) is 0 Å². The molecule has 0 bridgehead atoms. The Balaban J connectivity index is 2.13. The van der Waals surface area contributed by atoms with Crippen LogP contribution in [-0.2, 0) is 0 Å². The van der Waals surface area contributed by atoms with E-state index in [1.807, 2.05) is 24.3 Å². The van der Waals surface area contributed by atoms with E-state index in [0.29, 0.717) is 0 Å². The van der Waals surface area contributed by atoms with Gasteiger partial charge < -0.3 is 0 Å². The first-order chi connectivity index (χ1) is 8.74. The van der Waals surface area contributed by atoms with Crippen LogP contribution < -0.4 is 0 Å². The van der Waals surface area contributed by atoms with Crippen LogP contribution in [0.5, 0.6) is 0 Å². The summed E-state index contributed by atoms with van der Waals surface area (Å²) in [6.45, 7) is 4.25. The van der Waals surface area contributed by atoms with E-state index < -0.39 is 0 Å². The van der Waals surface area contributed by atoms with Crippen molar-refractivity contribution in [2.45, 2.75) is 22.3 Å². The molecule has 0 atom stereocenters. The quantitative estimate of drug-likeness (QED) is 0.534. The van der Waals surface area contributed by atoms with E-state index in [0.717, 1.165) is 21.3 Å². The Morgan fingerprint density at radius 3 is 1.78 bits per heavy atom. The zero-order valence-electron chi connectivity index (χ0n) is 10.3. The number of hydrogen-bond donors (Lipinski definition) is 0. The first-order valence-corrected chi connectivity index (χ1v) is 9.35. The Hall–Kier alpha value is -0.230. The summed E-state index contributed by atoms with van der Waals surface area (Å²) < 4.78 is 2.45. The van der Waals surface area contributed by atoms with Gasteiger partial charge in [0.2, 0.25) is 5.78 Å². The monoisotopic (exact) mass is 314 g/mol. The Morgan fingerprint density at radius 2 is 1.39 bits per heavy atom. The molecule has 0 aromatic carbocycles. The molecule has 0 saturated heterocycles. The minimum atomic E-state index is 0.163. The maximum Gasteiger partial charge on any atom is 0.212 e. The van der Waals surface area contributed by atoms with Gasteiger partial charge in [0.25, 0.3) is 0 Å². The molecule has 1 nitrogen and oxygen atoms in total. The Bertz CT molecular complexity index is 480. The Labute approximate surface area is 124 Å². The molecule has 0 amide bonds. The fourth-order valence-corrected chi connectivity index (χ4v) is 5.51. The highest BCUT2D eigenvalue weighted by molar-refractivity contribution is 8.01. The highest BCUT2D eigenvalue weighted by Gasteiger charge is 2.14. The molecule has 0 N–H and O–H groups in total. The first kappa shape index (κ1) is 14.2. The lowest BCUT2D eigenvalue weighted by Crippen LogP contribution is -1.93. The number of ketones is 1. The van der Waals surface area contributed by atoms with Crippen LogP contribution in [-0.4, -0.2) is 17.3 Å². The van der Waals surface area contributed by atoms with Crippen molar-refractivity contribution in [1.82, 2.24) is 0 Å². The van der Waals surface area contributed by atoms with Gasteiger partial charge in [-0.25, -0.2) is 0 Å². The normalized spacial score (nSPS) is 10.8. The van der Waals surface area contributed by atoms with Gasteiger partial charge in [-0.1, -0.05) is 13.8 Å². The van der Waals surface area contributed by atoms with Crippen LogP contribution in [0.3, 0.4) is 0 Å². The van der Waals surface area contributed by atoms with Crippen LogP contribution in [0.2, 0.25) is 0 Å². The summed E-state index contributed by atoms with van der Waals surface area (Å²) in [5.74, 6) is 2.26. The van der Waals surface area contributed by atoms with Gasteiger partial charge in [-0.15, -0.1) is 46.2 Å². The summed E-state index contributed by atoms with van der Waals surface area (Å²) in [5, 5.41) is 0. The van der Waals surface area contributed by atoms with Crippen molar-refractivity contribution in [3.05, 3.63) is 34.0 Å². The van der Waals surface area contributed by atoms with Crippen LogP contribution in [0.1, 0.15) is 28.4 Å². The smallest absolute Gasteiger partial charge is 0.212 e. The second-order valence-corrected chi connectivity index (χ2v) is 8.73. The van der Waals surface area contributed by atoms with Gasteiger partial charge in [-0.3, -0.25) is 4.79 Å². The highest BCUT2D eigenvalue weighted by Crippen LogP contribution is 2.32. The van der Waals surface area contributed by atoms with E-state index in [4.69, 9.17) is 0 Å². The van der Waals surface area contributed by atoms with Gasteiger partial charge in [-0.2, -0.15) is 0 Å². The Morgan fingerprint density at radius 1 is 0.944 bits per heavy atom. The summed E-state index contributed by atoms with van der Waals surface area (Å²) in [6, 6.07) is 7.97. The van der Waals surface area contributed by atoms with Gasteiger partial charge in [-0.05, 0) is 35.8 Å². The predicted molar refractivity (Wildman–Crippen MR) is 84.9 cm³/mol. The summed E-state index contributed by atoms with van der Waals surface area (Å²) in [7, 11) is 0. The van der Waals surface area contributed by atoms with Gasteiger partial charge in [0, 0.05) is 0 Å². The molecule has 5 heteroatoms. The van der Waals surface area contributed by atoms with E-state index in [9.17, 15) is 4.79 Å². The van der Waals surface area contributed by atoms with Crippen LogP contribution in [0, 0.1) is 0 Å². The zero-order valence-corrected chi connectivity index (χ0v) is 13.5. The average molecular weight is 315 g/mol. The molecular weight excluding hydrogens is 300 g/mol. The lowest BCUT2D eigenvalue weighted by atomic mass is 10.3. The van der Waals surface area contributed by atoms with Crippen molar-refractivity contribution >= 4 is 52.0 Å². The highest BCUT2D eigenvalue weighted by atomic mass is 32.2. The zero-order chi connectivity index (χ0) is 13.0. The molecule has 96 valence electrons. The molecule has 18 heavy (non-hydrogen) atoms. The fourth-order valence-electron chi connectivity index (χ4n) is 1.45. The minimum absolute atomic E-state index is 0.163. The van der Waals surface area contributed by atoms with E-state index in [2.05, 4.69) is 13.8 Å². The van der Waals surface area contributed by atoms with Crippen LogP contribution in [0.4, 0.5) is 0 Å². The molecule has 2 aromatic heterocycles. The van der Waals surface area contributed by atoms with E-state index >= 15 is 0 Å². The van der Waals surface area contributed by atoms with Crippen molar-refractivity contribution in [2.75, 3.05) is 11.5 Å². The van der Waals surface area contributed by atoms with E-state index in [1.165, 1.54) is 8.42 Å². The molecule has 2 heterocycles. The number of thioether (sulfide) groups is 2. The standard InChI is InChI=1S/C13H14OS4/c1-3-15-11-7-5-9(17-11)13(14)10-6-8-12(18-10)16-4-2/h5-8H,3-4H2,1-2H3. The van der Waals surface area contributed by atoms with E-state index in [-0.39, 0.29) is 5.78 Å². The topological polar surface area (TPSA) is 17.1 Å². The average Bonchev–Trinajstić information content (AvgIpc) is 2.98. The second-order valence-electron chi connectivity index (χ2n) is 3.43. The molecular formula is C13H14OS4. The molecule has 0 spiro atoms. The number of hydrogen-bond acceptors (Lipinski definition) is 5. The van der Waals surface area contributed by atoms with Crippen molar-refractivity contribution in [3.63, 3.8) is 0 Å². The van der Waals surface area contributed by atoms with Crippen LogP contribution in [0.25, 0.3) is 0 Å². The summed E-state index contributed by atoms with van der Waals surface area (Å²) >= 11 is 6.77. The molecule has 2 rings (SSSR count). The summed E-state index contributed by atoms with van der Waals surface area (Å²) in [6.07, 6.45) is 0. The van der Waals surface area contributed by atoms with Crippen LogP contribution in [0.15, 0.2) is 32.7 Å². The molecule has 0 aliphatic carbocycles. The Kier molecular flexibility index (Phi) is 5.36. The van der Waals surface area contributed by atoms with Gasteiger partial charge in [0.15, 0.2) is 0 Å². The summed E-state index contributed by atoms with van der Waals surface area (Å²) in [4.78, 5) is 14.0. The van der Waals surface area contributed by atoms with Gasteiger partial charge >= 0.3 is 0 Å². The molecule has 0 aliphatic rings. The third-order valence-corrected chi connectivity index (χ3v) is 6.57. The number of carbonyl (C=O) groups is 1. The molecule has 0 aliphatic heterocycles. The fraction of sp³-hybridized carbons (Fsp3) is 0.308. The summed E-state index contributed by atoms with van der Waals surface area (Å²) in [5.41, 5.74) is 0. The third-order valence-electron chi connectivity index (χ3n) is 2.18. The van der Waals surface area contributed by atoms with Gasteiger partial charge in [0.05, 0.1) is 18.2 Å². The SMILES string of the molecule is CCSc1ccc(C(=O)c2ccc(SCC)s2)s1. The van der Waals surface area contributed by atoms with E-state index in [1.54, 1.807) is 46.2 Å². The molecule has 2 aromatic rings. The van der Waals surface area contributed by atoms with Crippen molar-refractivity contribution < 1.29 is 4.79 Å². The van der Waals surface area contributed by atoms with Crippen molar-refractivity contribution in [2.24, 2.45) is 0 Å². The maximum atomic E-state index is 12.3. The molecule has 0 radical (unpaired) electrons. The lowest BCUT2D eigenvalue weighted by molar-refractivity contribution is 0.104. The molecule has 0 fully saturated rings. The van der Waals surface area contributed by atoms with Gasteiger partial charge in [0.1, 0.15) is 0 Å². The largest absolute Gasteiger partial charge is 0.287 e. The maximum absolute atomic E-state index is 12.3. The predicted octanol–water partition coefficient (Wildman–Crippen LogP) is 5.26. The molecule has 0 saturated carbocycles. The lowest BCUT2D eigenvalue weighted by Gasteiger charge is -1.93. The number of rotatable bonds is 6. The number of carbonyl (C=O) groups excluding carboxylic acids is 1. The number of thiophene rings is 2. The minimum Gasteiger partial charge on any atom is -0.287 e. The third kappa shape index (κ3) is 3.41. The van der Waals surface area contributed by atoms with Crippen molar-refractivity contribution in [3.8, 4) is 0 Å². The second kappa shape index (κ2) is 6.80.